The molecule has 0 bridgehead atoms. The molecule has 1 aromatic rings. The summed E-state index contributed by atoms with van der Waals surface area (Å²) < 4.78 is 32.6. The highest BCUT2D eigenvalue weighted by Crippen LogP contribution is 2.25. The van der Waals surface area contributed by atoms with E-state index < -0.39 is 27.8 Å². The van der Waals surface area contributed by atoms with Crippen LogP contribution in [-0.4, -0.2) is 30.5 Å². The zero-order valence-electron chi connectivity index (χ0n) is 15.8. The van der Waals surface area contributed by atoms with Crippen LogP contribution < -0.4 is 0 Å². The molecule has 0 fully saturated rings. The zero-order valence-corrected chi connectivity index (χ0v) is 16.6. The van der Waals surface area contributed by atoms with Crippen molar-refractivity contribution in [3.63, 3.8) is 0 Å². The fourth-order valence-corrected chi connectivity index (χ4v) is 3.96. The first-order valence-corrected chi connectivity index (χ1v) is 9.92. The highest BCUT2D eigenvalue weighted by Gasteiger charge is 2.37. The summed E-state index contributed by atoms with van der Waals surface area (Å²) in [6, 6.07) is 5.92. The topological polar surface area (TPSA) is 63.7 Å². The van der Waals surface area contributed by atoms with E-state index in [4.69, 9.17) is 4.74 Å². The minimum absolute atomic E-state index is 0.0779. The summed E-state index contributed by atoms with van der Waals surface area (Å²) in [6.07, 6.45) is 2.42. The van der Waals surface area contributed by atoms with Gasteiger partial charge in [0.25, 0.3) is 10.0 Å². The van der Waals surface area contributed by atoms with E-state index in [0.717, 1.165) is 16.3 Å². The average molecular weight is 368 g/mol. The van der Waals surface area contributed by atoms with E-state index in [1.54, 1.807) is 39.0 Å². The molecule has 0 spiro atoms. The van der Waals surface area contributed by atoms with E-state index in [0.29, 0.717) is 12.8 Å². The maximum Gasteiger partial charge on any atom is 0.424 e. The standard InChI is InChI=1S/C19H29NO4S/c1-7-9-16(10-8-2)20(18(21)24-19(4,5)6)25(22,23)17-13-11-15(3)12-14-17/h7,11-14,16H,1,8-10H2,2-6H3. The number of benzene rings is 1. The Hall–Kier alpha value is -1.82. The van der Waals surface area contributed by atoms with Crippen molar-refractivity contribution in [3.8, 4) is 0 Å². The molecule has 1 unspecified atom stereocenters. The first kappa shape index (κ1) is 21.2. The minimum atomic E-state index is -4.02. The van der Waals surface area contributed by atoms with Gasteiger partial charge in [0.05, 0.1) is 10.9 Å². The Bertz CT molecular complexity index is 687. The summed E-state index contributed by atoms with van der Waals surface area (Å²) in [6.45, 7) is 12.6. The van der Waals surface area contributed by atoms with Gasteiger partial charge in [-0.15, -0.1) is 6.58 Å². The third kappa shape index (κ3) is 5.88. The molecule has 0 aliphatic heterocycles. The molecular weight excluding hydrogens is 338 g/mol. The van der Waals surface area contributed by atoms with Crippen LogP contribution in [0, 0.1) is 6.92 Å². The predicted octanol–water partition coefficient (Wildman–Crippen LogP) is 4.67. The molecule has 0 saturated heterocycles. The molecule has 0 N–H and O–H groups in total. The van der Waals surface area contributed by atoms with Gasteiger partial charge in [-0.3, -0.25) is 0 Å². The lowest BCUT2D eigenvalue weighted by atomic mass is 10.1. The summed E-state index contributed by atoms with van der Waals surface area (Å²) in [5.41, 5.74) is 0.155. The zero-order chi connectivity index (χ0) is 19.3. The molecule has 0 radical (unpaired) electrons. The van der Waals surface area contributed by atoms with E-state index in [9.17, 15) is 13.2 Å². The average Bonchev–Trinajstić information content (AvgIpc) is 2.46. The molecule has 0 aliphatic rings. The first-order chi connectivity index (χ1) is 11.5. The Morgan fingerprint density at radius 3 is 2.28 bits per heavy atom. The Kier molecular flexibility index (Phi) is 7.23. The van der Waals surface area contributed by atoms with E-state index in [1.165, 1.54) is 12.1 Å². The largest absolute Gasteiger partial charge is 0.443 e. The van der Waals surface area contributed by atoms with Crippen LogP contribution in [0.3, 0.4) is 0 Å². The first-order valence-electron chi connectivity index (χ1n) is 8.48. The van der Waals surface area contributed by atoms with Crippen LogP contribution in [0.4, 0.5) is 4.79 Å². The number of sulfonamides is 1. The van der Waals surface area contributed by atoms with Gasteiger partial charge in [0, 0.05) is 0 Å². The molecular formula is C19H29NO4S. The summed E-state index contributed by atoms with van der Waals surface area (Å²) in [5.74, 6) is 0. The number of aryl methyl sites for hydroxylation is 1. The van der Waals surface area contributed by atoms with Crippen LogP contribution in [0.25, 0.3) is 0 Å². The third-order valence-electron chi connectivity index (χ3n) is 3.54. The summed E-state index contributed by atoms with van der Waals surface area (Å²) in [7, 11) is -4.02. The maximum absolute atomic E-state index is 13.2. The van der Waals surface area contributed by atoms with Crippen molar-refractivity contribution < 1.29 is 17.9 Å². The van der Waals surface area contributed by atoms with Crippen LogP contribution in [0.1, 0.15) is 52.5 Å². The Morgan fingerprint density at radius 2 is 1.84 bits per heavy atom. The predicted molar refractivity (Wildman–Crippen MR) is 99.9 cm³/mol. The van der Waals surface area contributed by atoms with Gasteiger partial charge in [0.2, 0.25) is 0 Å². The van der Waals surface area contributed by atoms with Crippen LogP contribution >= 0.6 is 0 Å². The highest BCUT2D eigenvalue weighted by atomic mass is 32.2. The molecule has 0 heterocycles. The van der Waals surface area contributed by atoms with E-state index in [1.807, 2.05) is 13.8 Å². The number of amides is 1. The fourth-order valence-electron chi connectivity index (χ4n) is 2.43. The monoisotopic (exact) mass is 367 g/mol. The molecule has 1 rings (SSSR count). The molecule has 0 saturated carbocycles. The molecule has 140 valence electrons. The summed E-state index contributed by atoms with van der Waals surface area (Å²) in [5, 5.41) is 0. The van der Waals surface area contributed by atoms with Gasteiger partial charge in [-0.1, -0.05) is 37.1 Å². The van der Waals surface area contributed by atoms with Crippen LogP contribution in [0.5, 0.6) is 0 Å². The second kappa shape index (κ2) is 8.52. The molecule has 6 heteroatoms. The number of carbonyl (C=O) groups is 1. The van der Waals surface area contributed by atoms with Gasteiger partial charge in [0.15, 0.2) is 0 Å². The lowest BCUT2D eigenvalue weighted by molar-refractivity contribution is 0.0334. The molecule has 0 aliphatic carbocycles. The molecule has 0 aromatic heterocycles. The number of nitrogens with zero attached hydrogens (tertiary/aromatic N) is 1. The van der Waals surface area contributed by atoms with Crippen molar-refractivity contribution in [2.45, 2.75) is 70.4 Å². The lowest BCUT2D eigenvalue weighted by Crippen LogP contribution is -2.46. The van der Waals surface area contributed by atoms with E-state index in [-0.39, 0.29) is 4.90 Å². The number of carbonyl (C=O) groups excluding carboxylic acids is 1. The smallest absolute Gasteiger partial charge is 0.424 e. The van der Waals surface area contributed by atoms with E-state index in [2.05, 4.69) is 6.58 Å². The number of hydrogen-bond donors (Lipinski definition) is 0. The van der Waals surface area contributed by atoms with Gasteiger partial charge < -0.3 is 4.74 Å². The second-order valence-electron chi connectivity index (χ2n) is 7.06. The van der Waals surface area contributed by atoms with Crippen molar-refractivity contribution in [3.05, 3.63) is 42.5 Å². The third-order valence-corrected chi connectivity index (χ3v) is 5.38. The van der Waals surface area contributed by atoms with Gasteiger partial charge in [-0.05, 0) is 52.7 Å². The fraction of sp³-hybridized carbons (Fsp3) is 0.526. The number of ether oxygens (including phenoxy) is 1. The lowest BCUT2D eigenvalue weighted by Gasteiger charge is -2.32. The van der Waals surface area contributed by atoms with E-state index >= 15 is 0 Å². The highest BCUT2D eigenvalue weighted by molar-refractivity contribution is 7.89. The van der Waals surface area contributed by atoms with Crippen molar-refractivity contribution >= 4 is 16.1 Å². The normalized spacial score (nSPS) is 13.2. The molecule has 1 atom stereocenters. The van der Waals surface area contributed by atoms with Crippen LogP contribution in [0.2, 0.25) is 0 Å². The second-order valence-corrected chi connectivity index (χ2v) is 8.88. The quantitative estimate of drug-likeness (QED) is 0.657. The molecule has 1 amide bonds. The Balaban J connectivity index is 3.39. The van der Waals surface area contributed by atoms with Crippen molar-refractivity contribution in [2.75, 3.05) is 0 Å². The van der Waals surface area contributed by atoms with Crippen molar-refractivity contribution in [1.82, 2.24) is 4.31 Å². The van der Waals surface area contributed by atoms with Crippen LogP contribution in [0.15, 0.2) is 41.8 Å². The molecule has 25 heavy (non-hydrogen) atoms. The van der Waals surface area contributed by atoms with Crippen molar-refractivity contribution in [2.24, 2.45) is 0 Å². The van der Waals surface area contributed by atoms with Gasteiger partial charge >= 0.3 is 6.09 Å². The van der Waals surface area contributed by atoms with Gasteiger partial charge in [-0.25, -0.2) is 13.2 Å². The molecule has 1 aromatic carbocycles. The van der Waals surface area contributed by atoms with Crippen molar-refractivity contribution in [1.29, 1.82) is 0 Å². The molecule has 5 nitrogen and oxygen atoms in total. The SMILES string of the molecule is C=CCC(CCC)N(C(=O)OC(C)(C)C)S(=O)(=O)c1ccc(C)cc1. The van der Waals surface area contributed by atoms with Crippen LogP contribution in [-0.2, 0) is 14.8 Å². The summed E-state index contributed by atoms with van der Waals surface area (Å²) in [4.78, 5) is 12.8. The number of hydrogen-bond acceptors (Lipinski definition) is 4. The number of rotatable bonds is 7. The maximum atomic E-state index is 13.2. The summed E-state index contributed by atoms with van der Waals surface area (Å²) >= 11 is 0. The van der Waals surface area contributed by atoms with Gasteiger partial charge in [0.1, 0.15) is 5.60 Å². The minimum Gasteiger partial charge on any atom is -0.443 e. The Labute approximate surface area is 151 Å². The Morgan fingerprint density at radius 1 is 1.28 bits per heavy atom. The van der Waals surface area contributed by atoms with Gasteiger partial charge in [-0.2, -0.15) is 4.31 Å².